The second kappa shape index (κ2) is 9.78. The lowest BCUT2D eigenvalue weighted by Crippen LogP contribution is -2.42. The van der Waals surface area contributed by atoms with Gasteiger partial charge >= 0.3 is 6.03 Å². The number of nitrogens with zero attached hydrogens (tertiary/aromatic N) is 1. The van der Waals surface area contributed by atoms with E-state index in [1.165, 1.54) is 5.56 Å². The van der Waals surface area contributed by atoms with Crippen molar-refractivity contribution in [2.45, 2.75) is 26.3 Å². The molecule has 3 aromatic carbocycles. The molecule has 0 aliphatic carbocycles. The third kappa shape index (κ3) is 5.17. The fraction of sp³-hybridized carbons (Fsp3) is 0.240. The van der Waals surface area contributed by atoms with Gasteiger partial charge in [0.05, 0.1) is 12.8 Å². The van der Waals surface area contributed by atoms with E-state index < -0.39 is 0 Å². The van der Waals surface area contributed by atoms with Crippen LogP contribution < -0.4 is 10.1 Å². The zero-order valence-electron chi connectivity index (χ0n) is 17.3. The molecule has 0 fully saturated rings. The molecule has 2 amide bonds. The summed E-state index contributed by atoms with van der Waals surface area (Å²) in [7, 11) is 1.66. The van der Waals surface area contributed by atoms with E-state index in [1.807, 2.05) is 78.6 Å². The van der Waals surface area contributed by atoms with Crippen LogP contribution in [0.15, 0.2) is 78.9 Å². The number of para-hydroxylation sites is 1. The normalized spacial score (nSPS) is 11.6. The maximum atomic E-state index is 13.1. The van der Waals surface area contributed by atoms with Gasteiger partial charge in [-0.05, 0) is 49.6 Å². The van der Waals surface area contributed by atoms with E-state index in [0.717, 1.165) is 29.0 Å². The van der Waals surface area contributed by atoms with Crippen LogP contribution in [-0.2, 0) is 6.42 Å². The monoisotopic (exact) mass is 388 g/mol. The largest absolute Gasteiger partial charge is 0.497 e. The molecule has 1 N–H and O–H groups in total. The summed E-state index contributed by atoms with van der Waals surface area (Å²) in [5.74, 6) is 0.837. The number of ether oxygens (including phenoxy) is 1. The standard InChI is InChI=1S/C25H28N2O2/c1-4-27(19(2)18-20-14-16-22(29-3)17-15-20)25(28)26-24-13-9-8-12-23(24)21-10-6-5-7-11-21/h5-17,19H,4,18H2,1-3H3,(H,26,28). The highest BCUT2D eigenvalue weighted by molar-refractivity contribution is 5.94. The minimum Gasteiger partial charge on any atom is -0.497 e. The molecule has 0 spiro atoms. The zero-order valence-corrected chi connectivity index (χ0v) is 17.3. The smallest absolute Gasteiger partial charge is 0.322 e. The van der Waals surface area contributed by atoms with Crippen molar-refractivity contribution in [3.8, 4) is 16.9 Å². The number of amides is 2. The molecule has 3 aromatic rings. The molecule has 4 heteroatoms. The molecule has 0 bridgehead atoms. The average Bonchev–Trinajstić information content (AvgIpc) is 2.76. The van der Waals surface area contributed by atoms with Crippen LogP contribution in [-0.4, -0.2) is 30.6 Å². The Hall–Kier alpha value is -3.27. The van der Waals surface area contributed by atoms with Crippen molar-refractivity contribution in [1.29, 1.82) is 0 Å². The maximum absolute atomic E-state index is 13.1. The first-order chi connectivity index (χ1) is 14.1. The van der Waals surface area contributed by atoms with Crippen molar-refractivity contribution in [3.05, 3.63) is 84.4 Å². The van der Waals surface area contributed by atoms with Crippen molar-refractivity contribution in [2.24, 2.45) is 0 Å². The topological polar surface area (TPSA) is 41.6 Å². The number of anilines is 1. The van der Waals surface area contributed by atoms with E-state index in [-0.39, 0.29) is 12.1 Å². The fourth-order valence-corrected chi connectivity index (χ4v) is 3.52. The Morgan fingerprint density at radius 3 is 2.28 bits per heavy atom. The lowest BCUT2D eigenvalue weighted by Gasteiger charge is -2.29. The minimum absolute atomic E-state index is 0.0669. The maximum Gasteiger partial charge on any atom is 0.322 e. The van der Waals surface area contributed by atoms with Crippen LogP contribution in [0.1, 0.15) is 19.4 Å². The van der Waals surface area contributed by atoms with Crippen molar-refractivity contribution in [1.82, 2.24) is 4.90 Å². The minimum atomic E-state index is -0.0862. The second-order valence-corrected chi connectivity index (χ2v) is 7.03. The number of rotatable bonds is 7. The van der Waals surface area contributed by atoms with Gasteiger partial charge in [-0.2, -0.15) is 0 Å². The van der Waals surface area contributed by atoms with Gasteiger partial charge in [0.2, 0.25) is 0 Å². The van der Waals surface area contributed by atoms with Crippen molar-refractivity contribution >= 4 is 11.7 Å². The van der Waals surface area contributed by atoms with Gasteiger partial charge in [0.1, 0.15) is 5.75 Å². The van der Waals surface area contributed by atoms with Gasteiger partial charge in [-0.1, -0.05) is 60.7 Å². The number of nitrogens with one attached hydrogen (secondary N) is 1. The fourth-order valence-electron chi connectivity index (χ4n) is 3.52. The Balaban J connectivity index is 1.73. The number of carbonyl (C=O) groups is 1. The Kier molecular flexibility index (Phi) is 6.90. The number of hydrogen-bond acceptors (Lipinski definition) is 2. The summed E-state index contributed by atoms with van der Waals surface area (Å²) in [6, 6.07) is 26.0. The molecule has 1 unspecified atom stereocenters. The van der Waals surface area contributed by atoms with Gasteiger partial charge in [0.15, 0.2) is 0 Å². The van der Waals surface area contributed by atoms with Gasteiger partial charge in [-0.25, -0.2) is 4.79 Å². The molecule has 0 heterocycles. The molecule has 29 heavy (non-hydrogen) atoms. The molecule has 0 radical (unpaired) electrons. The average molecular weight is 389 g/mol. The highest BCUT2D eigenvalue weighted by atomic mass is 16.5. The Morgan fingerprint density at radius 1 is 0.966 bits per heavy atom. The number of benzene rings is 3. The quantitative estimate of drug-likeness (QED) is 0.552. The van der Waals surface area contributed by atoms with Crippen LogP contribution in [0.5, 0.6) is 5.75 Å². The predicted molar refractivity (Wildman–Crippen MR) is 119 cm³/mol. The lowest BCUT2D eigenvalue weighted by atomic mass is 10.0. The summed E-state index contributed by atoms with van der Waals surface area (Å²) < 4.78 is 5.22. The number of urea groups is 1. The van der Waals surface area contributed by atoms with Crippen LogP contribution in [0, 0.1) is 0 Å². The number of hydrogen-bond donors (Lipinski definition) is 1. The molecule has 3 rings (SSSR count). The van der Waals surface area contributed by atoms with E-state index in [9.17, 15) is 4.79 Å². The van der Waals surface area contributed by atoms with E-state index in [4.69, 9.17) is 4.74 Å². The first-order valence-corrected chi connectivity index (χ1v) is 9.97. The van der Waals surface area contributed by atoms with Crippen molar-refractivity contribution in [2.75, 3.05) is 19.0 Å². The summed E-state index contributed by atoms with van der Waals surface area (Å²) in [5, 5.41) is 3.11. The summed E-state index contributed by atoms with van der Waals surface area (Å²) in [4.78, 5) is 14.9. The van der Waals surface area contributed by atoms with Gasteiger partial charge in [-0.3, -0.25) is 0 Å². The van der Waals surface area contributed by atoms with Gasteiger partial charge in [-0.15, -0.1) is 0 Å². The van der Waals surface area contributed by atoms with Gasteiger partial charge in [0, 0.05) is 18.2 Å². The summed E-state index contributed by atoms with van der Waals surface area (Å²) >= 11 is 0. The Morgan fingerprint density at radius 2 is 1.62 bits per heavy atom. The third-order valence-electron chi connectivity index (χ3n) is 5.08. The number of likely N-dealkylation sites (N-methyl/N-ethyl adjacent to an activating group) is 1. The first-order valence-electron chi connectivity index (χ1n) is 9.97. The third-order valence-corrected chi connectivity index (χ3v) is 5.08. The van der Waals surface area contributed by atoms with Crippen molar-refractivity contribution in [3.63, 3.8) is 0 Å². The molecule has 1 atom stereocenters. The van der Waals surface area contributed by atoms with Crippen LogP contribution in [0.2, 0.25) is 0 Å². The highest BCUT2D eigenvalue weighted by Gasteiger charge is 2.20. The van der Waals surface area contributed by atoms with Gasteiger partial charge < -0.3 is 15.0 Å². The second-order valence-electron chi connectivity index (χ2n) is 7.03. The van der Waals surface area contributed by atoms with Gasteiger partial charge in [0.25, 0.3) is 0 Å². The van der Waals surface area contributed by atoms with Crippen LogP contribution >= 0.6 is 0 Å². The predicted octanol–water partition coefficient (Wildman–Crippen LogP) is 5.85. The van der Waals surface area contributed by atoms with Crippen molar-refractivity contribution < 1.29 is 9.53 Å². The molecule has 0 saturated heterocycles. The van der Waals surface area contributed by atoms with Crippen LogP contribution in [0.4, 0.5) is 10.5 Å². The highest BCUT2D eigenvalue weighted by Crippen LogP contribution is 2.28. The summed E-state index contributed by atoms with van der Waals surface area (Å²) in [6.07, 6.45) is 0.783. The molecular formula is C25H28N2O2. The Labute approximate surface area is 173 Å². The SMILES string of the molecule is CCN(C(=O)Nc1ccccc1-c1ccccc1)C(C)Cc1ccc(OC)cc1. The number of carbonyl (C=O) groups excluding carboxylic acids is 1. The zero-order chi connectivity index (χ0) is 20.6. The number of methoxy groups -OCH3 is 1. The summed E-state index contributed by atoms with van der Waals surface area (Å²) in [6.45, 7) is 4.72. The van der Waals surface area contributed by atoms with E-state index >= 15 is 0 Å². The van der Waals surface area contributed by atoms with E-state index in [0.29, 0.717) is 6.54 Å². The van der Waals surface area contributed by atoms with Crippen LogP contribution in [0.25, 0.3) is 11.1 Å². The molecule has 0 aromatic heterocycles. The van der Waals surface area contributed by atoms with E-state index in [2.05, 4.69) is 24.4 Å². The van der Waals surface area contributed by atoms with E-state index in [1.54, 1.807) is 7.11 Å². The summed E-state index contributed by atoms with van der Waals surface area (Å²) in [5.41, 5.74) is 4.09. The lowest BCUT2D eigenvalue weighted by molar-refractivity contribution is 0.196. The van der Waals surface area contributed by atoms with Crippen LogP contribution in [0.3, 0.4) is 0 Å². The first kappa shape index (κ1) is 20.5. The molecule has 0 aliphatic heterocycles. The molecular weight excluding hydrogens is 360 g/mol. The molecule has 4 nitrogen and oxygen atoms in total. The molecule has 0 aliphatic rings. The molecule has 0 saturated carbocycles. The Bertz CT molecular complexity index is 923. The molecule has 150 valence electrons.